The van der Waals surface area contributed by atoms with Crippen molar-refractivity contribution in [1.29, 1.82) is 0 Å². The Morgan fingerprint density at radius 2 is 1.69 bits per heavy atom. The van der Waals surface area contributed by atoms with Crippen LogP contribution in [0.4, 0.5) is 4.79 Å². The molecule has 0 bridgehead atoms. The van der Waals surface area contributed by atoms with Crippen LogP contribution in [-0.4, -0.2) is 64.1 Å². The zero-order valence-electron chi connectivity index (χ0n) is 22.6. The largest absolute Gasteiger partial charge is 0.444 e. The quantitative estimate of drug-likeness (QED) is 0.560. The normalized spacial score (nSPS) is 26.6. The van der Waals surface area contributed by atoms with Gasteiger partial charge in [0, 0.05) is 12.6 Å². The predicted molar refractivity (Wildman–Crippen MR) is 141 cm³/mol. The molecule has 1 unspecified atom stereocenters. The number of carbonyl (C=O) groups excluding carboxylic acids is 3. The molecule has 3 aliphatic rings. The monoisotopic (exact) mass is 536 g/mol. The second-order valence-electron chi connectivity index (χ2n) is 11.2. The number of hydroxylamine groups is 2. The summed E-state index contributed by atoms with van der Waals surface area (Å²) in [5.41, 5.74) is 1.13. The lowest BCUT2D eigenvalue weighted by Crippen LogP contribution is -2.68. The van der Waals surface area contributed by atoms with E-state index in [9.17, 15) is 14.4 Å². The fraction of sp³-hybridized carbons (Fsp3) is 0.483. The molecule has 39 heavy (non-hydrogen) atoms. The van der Waals surface area contributed by atoms with Crippen molar-refractivity contribution in [2.45, 2.75) is 82.8 Å². The minimum absolute atomic E-state index is 0.0599. The molecule has 3 fully saturated rings. The van der Waals surface area contributed by atoms with Crippen LogP contribution in [-0.2, 0) is 37.1 Å². The summed E-state index contributed by atoms with van der Waals surface area (Å²) in [5.74, 6) is -1.99. The Labute approximate surface area is 228 Å². The summed E-state index contributed by atoms with van der Waals surface area (Å²) < 4.78 is 11.9. The fourth-order valence-corrected chi connectivity index (χ4v) is 5.61. The molecular weight excluding hydrogens is 500 g/mol. The maximum atomic E-state index is 13.5. The molecule has 2 aromatic rings. The van der Waals surface area contributed by atoms with Crippen molar-refractivity contribution in [2.75, 3.05) is 6.61 Å². The van der Waals surface area contributed by atoms with Gasteiger partial charge in [0.25, 0.3) is 5.91 Å². The van der Waals surface area contributed by atoms with E-state index in [-0.39, 0.29) is 30.9 Å². The highest BCUT2D eigenvalue weighted by Gasteiger charge is 2.68. The van der Waals surface area contributed by atoms with E-state index in [0.717, 1.165) is 11.1 Å². The lowest BCUT2D eigenvalue weighted by molar-refractivity contribution is -0.316. The van der Waals surface area contributed by atoms with Crippen LogP contribution in [0.5, 0.6) is 0 Å². The number of hydrogen-bond donors (Lipinski definition) is 2. The van der Waals surface area contributed by atoms with Crippen molar-refractivity contribution in [1.82, 2.24) is 20.6 Å². The number of amides is 3. The molecule has 10 heteroatoms. The Kier molecular flexibility index (Phi) is 7.61. The van der Waals surface area contributed by atoms with Crippen molar-refractivity contribution in [2.24, 2.45) is 0 Å². The second kappa shape index (κ2) is 11.0. The van der Waals surface area contributed by atoms with Gasteiger partial charge in [-0.3, -0.25) is 14.4 Å². The maximum Gasteiger partial charge on any atom is 0.408 e. The Morgan fingerprint density at radius 3 is 2.36 bits per heavy atom. The standard InChI is InChI=1S/C29H36N4O6/c1-28(2,3)39-27(36)31-24-16-25(34)33(38-18-21-12-8-5-9-13-21)29(24)32-22(19-37-29)14-15-23(32)26(35)30-17-20-10-6-4-7-11-20/h4-13,22-24H,14-19H2,1-3H3,(H,30,35)(H,31,36)/t22-,23-,24+,29?/m1/s1. The Morgan fingerprint density at radius 1 is 1.03 bits per heavy atom. The summed E-state index contributed by atoms with van der Waals surface area (Å²) in [6, 6.07) is 17.7. The Hall–Kier alpha value is -3.47. The van der Waals surface area contributed by atoms with Crippen molar-refractivity contribution in [3.8, 4) is 0 Å². The van der Waals surface area contributed by atoms with Crippen LogP contribution >= 0.6 is 0 Å². The van der Waals surface area contributed by atoms with E-state index in [1.807, 2.05) is 65.6 Å². The van der Waals surface area contributed by atoms with E-state index in [1.54, 1.807) is 20.8 Å². The highest BCUT2D eigenvalue weighted by molar-refractivity contribution is 5.84. The summed E-state index contributed by atoms with van der Waals surface area (Å²) in [7, 11) is 0. The van der Waals surface area contributed by atoms with Crippen molar-refractivity contribution in [3.63, 3.8) is 0 Å². The summed E-state index contributed by atoms with van der Waals surface area (Å²) >= 11 is 0. The third-order valence-corrected chi connectivity index (χ3v) is 7.22. The SMILES string of the molecule is CC(C)(C)OC(=O)N[C@H]1CC(=O)N(OCc2ccccc2)C12OC[C@H]1CC[C@H](C(=O)NCc3ccccc3)N12. The number of rotatable bonds is 7. The van der Waals surface area contributed by atoms with E-state index in [4.69, 9.17) is 14.3 Å². The first-order chi connectivity index (χ1) is 18.7. The van der Waals surface area contributed by atoms with Crippen LogP contribution in [0.15, 0.2) is 60.7 Å². The highest BCUT2D eigenvalue weighted by atomic mass is 16.7. The molecule has 2 N–H and O–H groups in total. The third-order valence-electron chi connectivity index (χ3n) is 7.22. The minimum atomic E-state index is -1.49. The first kappa shape index (κ1) is 27.1. The van der Waals surface area contributed by atoms with Crippen LogP contribution in [0.1, 0.15) is 51.2 Å². The van der Waals surface area contributed by atoms with E-state index in [0.29, 0.717) is 26.0 Å². The molecule has 3 heterocycles. The molecule has 3 aliphatic heterocycles. The Bertz CT molecular complexity index is 1190. The van der Waals surface area contributed by atoms with Gasteiger partial charge in [0.05, 0.1) is 19.1 Å². The van der Waals surface area contributed by atoms with Gasteiger partial charge in [-0.1, -0.05) is 60.7 Å². The molecule has 1 spiro atoms. The summed E-state index contributed by atoms with van der Waals surface area (Å²) in [6.07, 6.45) is 0.581. The van der Waals surface area contributed by atoms with Gasteiger partial charge < -0.3 is 20.1 Å². The van der Waals surface area contributed by atoms with Gasteiger partial charge in [0.15, 0.2) is 0 Å². The van der Waals surface area contributed by atoms with Crippen LogP contribution in [0.2, 0.25) is 0 Å². The maximum absolute atomic E-state index is 13.5. The van der Waals surface area contributed by atoms with Crippen LogP contribution in [0, 0.1) is 0 Å². The first-order valence-electron chi connectivity index (χ1n) is 13.4. The number of benzene rings is 2. The molecule has 0 aliphatic carbocycles. The van der Waals surface area contributed by atoms with Crippen LogP contribution < -0.4 is 10.6 Å². The molecule has 5 rings (SSSR count). The van der Waals surface area contributed by atoms with Crippen molar-refractivity contribution >= 4 is 17.9 Å². The van der Waals surface area contributed by atoms with E-state index < -0.39 is 29.6 Å². The average molecular weight is 537 g/mol. The molecule has 0 aromatic heterocycles. The molecule has 4 atom stereocenters. The average Bonchev–Trinajstić information content (AvgIpc) is 3.56. The van der Waals surface area contributed by atoms with Gasteiger partial charge >= 0.3 is 6.09 Å². The predicted octanol–water partition coefficient (Wildman–Crippen LogP) is 3.08. The number of nitrogens with zero attached hydrogens (tertiary/aromatic N) is 2. The number of nitrogens with one attached hydrogen (secondary N) is 2. The van der Waals surface area contributed by atoms with Crippen LogP contribution in [0.25, 0.3) is 0 Å². The van der Waals surface area contributed by atoms with Gasteiger partial charge in [-0.15, -0.1) is 0 Å². The first-order valence-corrected chi connectivity index (χ1v) is 13.4. The van der Waals surface area contributed by atoms with Gasteiger partial charge in [-0.05, 0) is 44.7 Å². The second-order valence-corrected chi connectivity index (χ2v) is 11.2. The number of fused-ring (bicyclic) bond motifs is 2. The zero-order chi connectivity index (χ0) is 27.6. The van der Waals surface area contributed by atoms with Crippen LogP contribution in [0.3, 0.4) is 0 Å². The molecule has 10 nitrogen and oxygen atoms in total. The molecule has 0 saturated carbocycles. The molecule has 0 radical (unpaired) electrons. The molecule has 3 amide bonds. The smallest absolute Gasteiger partial charge is 0.408 e. The minimum Gasteiger partial charge on any atom is -0.444 e. The lowest BCUT2D eigenvalue weighted by atomic mass is 10.1. The van der Waals surface area contributed by atoms with Gasteiger partial charge in [0.1, 0.15) is 18.2 Å². The topological polar surface area (TPSA) is 109 Å². The van der Waals surface area contributed by atoms with Crippen molar-refractivity contribution in [3.05, 3.63) is 71.8 Å². The van der Waals surface area contributed by atoms with E-state index >= 15 is 0 Å². The van der Waals surface area contributed by atoms with Gasteiger partial charge in [-0.2, -0.15) is 5.06 Å². The summed E-state index contributed by atoms with van der Waals surface area (Å²) in [6.45, 7) is 6.12. The van der Waals surface area contributed by atoms with Gasteiger partial charge in [0.2, 0.25) is 11.8 Å². The molecule has 2 aromatic carbocycles. The van der Waals surface area contributed by atoms with Gasteiger partial charge in [-0.25, -0.2) is 9.69 Å². The number of ether oxygens (including phenoxy) is 2. The summed E-state index contributed by atoms with van der Waals surface area (Å²) in [4.78, 5) is 47.8. The molecular formula is C29H36N4O6. The number of hydrogen-bond acceptors (Lipinski definition) is 7. The summed E-state index contributed by atoms with van der Waals surface area (Å²) in [5, 5.41) is 7.12. The zero-order valence-corrected chi connectivity index (χ0v) is 22.6. The highest BCUT2D eigenvalue weighted by Crippen LogP contribution is 2.47. The van der Waals surface area contributed by atoms with E-state index in [2.05, 4.69) is 10.6 Å². The molecule has 208 valence electrons. The molecule has 3 saturated heterocycles. The van der Waals surface area contributed by atoms with Crippen molar-refractivity contribution < 1.29 is 28.7 Å². The fourth-order valence-electron chi connectivity index (χ4n) is 5.61. The number of alkyl carbamates (subject to hydrolysis) is 1. The lowest BCUT2D eigenvalue weighted by Gasteiger charge is -2.44. The van der Waals surface area contributed by atoms with E-state index in [1.165, 1.54) is 5.06 Å². The number of carbonyl (C=O) groups is 3. The Balaban J connectivity index is 1.42. The third kappa shape index (κ3) is 5.63.